The zero-order valence-electron chi connectivity index (χ0n) is 16.2. The van der Waals surface area contributed by atoms with E-state index >= 15 is 0 Å². The van der Waals surface area contributed by atoms with Gasteiger partial charge in [-0.05, 0) is 80.4 Å². The van der Waals surface area contributed by atoms with Gasteiger partial charge in [0.05, 0.1) is 24.7 Å². The second-order valence-electron chi connectivity index (χ2n) is 9.56. The molecule has 1 aromatic carbocycles. The molecule has 1 aromatic rings. The molecule has 4 aliphatic carbocycles. The fourth-order valence-electron chi connectivity index (χ4n) is 6.61. The summed E-state index contributed by atoms with van der Waals surface area (Å²) in [6.45, 7) is 0.883. The first-order valence-corrected chi connectivity index (χ1v) is 11.1. The fourth-order valence-corrected chi connectivity index (χ4v) is 6.74. The van der Waals surface area contributed by atoms with Gasteiger partial charge < -0.3 is 4.74 Å². The van der Waals surface area contributed by atoms with Crippen LogP contribution in [0.3, 0.4) is 0 Å². The lowest BCUT2D eigenvalue weighted by atomic mass is 9.54. The first kappa shape index (κ1) is 18.6. The van der Waals surface area contributed by atoms with E-state index in [0.717, 1.165) is 23.3 Å². The summed E-state index contributed by atoms with van der Waals surface area (Å²) in [5.74, 6) is 2.15. The van der Waals surface area contributed by atoms with Crippen molar-refractivity contribution in [2.75, 3.05) is 13.2 Å². The van der Waals surface area contributed by atoms with Gasteiger partial charge >= 0.3 is 0 Å². The molecule has 0 radical (unpaired) electrons. The number of amides is 2. The number of nitrogens with zero attached hydrogens (tertiary/aromatic N) is 1. The highest BCUT2D eigenvalue weighted by Crippen LogP contribution is 2.57. The van der Waals surface area contributed by atoms with Crippen LogP contribution in [-0.4, -0.2) is 35.5 Å². The van der Waals surface area contributed by atoms with E-state index in [0.29, 0.717) is 31.0 Å². The Kier molecular flexibility index (Phi) is 4.75. The number of rotatable bonds is 6. The van der Waals surface area contributed by atoms with Crippen molar-refractivity contribution in [1.82, 2.24) is 4.90 Å². The summed E-state index contributed by atoms with van der Waals surface area (Å²) in [5, 5.41) is 0.682. The van der Waals surface area contributed by atoms with E-state index in [1.807, 2.05) is 24.3 Å². The highest BCUT2D eigenvalue weighted by atomic mass is 35.5. The lowest BCUT2D eigenvalue weighted by Gasteiger charge is -2.56. The molecular formula is C23H28ClNO3. The molecular weight excluding hydrogens is 374 g/mol. The van der Waals surface area contributed by atoms with Crippen molar-refractivity contribution in [2.45, 2.75) is 57.0 Å². The third-order valence-corrected chi connectivity index (χ3v) is 7.69. The van der Waals surface area contributed by atoms with E-state index in [9.17, 15) is 9.59 Å². The summed E-state index contributed by atoms with van der Waals surface area (Å²) in [6, 6.07) is 7.52. The molecule has 0 aromatic heterocycles. The predicted octanol–water partition coefficient (Wildman–Crippen LogP) is 4.24. The van der Waals surface area contributed by atoms with Crippen LogP contribution in [0.2, 0.25) is 5.02 Å². The van der Waals surface area contributed by atoms with Gasteiger partial charge in [-0.2, -0.15) is 0 Å². The minimum absolute atomic E-state index is 0.0310. The molecule has 5 heteroatoms. The minimum atomic E-state index is -0.256. The van der Waals surface area contributed by atoms with E-state index in [1.54, 1.807) is 0 Å². The number of likely N-dealkylation sites (tertiary alicyclic amines) is 1. The molecule has 0 spiro atoms. The molecule has 1 atom stereocenters. The van der Waals surface area contributed by atoms with Crippen LogP contribution >= 0.6 is 11.6 Å². The number of imide groups is 1. The summed E-state index contributed by atoms with van der Waals surface area (Å²) in [5.41, 5.74) is 1.07. The molecule has 4 saturated carbocycles. The number of hydrogen-bond acceptors (Lipinski definition) is 3. The van der Waals surface area contributed by atoms with Gasteiger partial charge in [0.2, 0.25) is 11.8 Å². The van der Waals surface area contributed by atoms with Gasteiger partial charge in [-0.1, -0.05) is 23.7 Å². The van der Waals surface area contributed by atoms with E-state index < -0.39 is 0 Å². The van der Waals surface area contributed by atoms with Crippen LogP contribution in [0.25, 0.3) is 0 Å². The molecule has 5 aliphatic rings. The molecule has 28 heavy (non-hydrogen) atoms. The number of halogens is 1. The summed E-state index contributed by atoms with van der Waals surface area (Å²) in [4.78, 5) is 26.6. The topological polar surface area (TPSA) is 46.6 Å². The molecule has 4 nitrogen and oxygen atoms in total. The number of hydrogen-bond donors (Lipinski definition) is 0. The van der Waals surface area contributed by atoms with Crippen molar-refractivity contribution < 1.29 is 14.3 Å². The lowest BCUT2D eigenvalue weighted by Crippen LogP contribution is -2.52. The maximum Gasteiger partial charge on any atom is 0.233 e. The number of carbonyl (C=O) groups is 2. The van der Waals surface area contributed by atoms with Crippen LogP contribution in [0, 0.1) is 23.7 Å². The van der Waals surface area contributed by atoms with Crippen LogP contribution in [-0.2, 0) is 20.7 Å². The molecule has 150 valence electrons. The SMILES string of the molecule is O=C1CC(Cc2ccc(Cl)cc2)C(=O)N1CCOC12CC3CC(CC(C3)C1)C2. The van der Waals surface area contributed by atoms with Crippen molar-refractivity contribution in [3.05, 3.63) is 34.9 Å². The van der Waals surface area contributed by atoms with Crippen LogP contribution in [0.1, 0.15) is 50.5 Å². The van der Waals surface area contributed by atoms with Gasteiger partial charge in [0.15, 0.2) is 0 Å². The third kappa shape index (κ3) is 3.50. The van der Waals surface area contributed by atoms with Crippen molar-refractivity contribution in [2.24, 2.45) is 23.7 Å². The summed E-state index contributed by atoms with van der Waals surface area (Å²) in [7, 11) is 0. The summed E-state index contributed by atoms with van der Waals surface area (Å²) < 4.78 is 6.41. The van der Waals surface area contributed by atoms with Crippen LogP contribution in [0.15, 0.2) is 24.3 Å². The molecule has 1 saturated heterocycles. The molecule has 0 N–H and O–H groups in total. The molecule has 4 bridgehead atoms. The van der Waals surface area contributed by atoms with E-state index in [2.05, 4.69) is 0 Å². The van der Waals surface area contributed by atoms with Gasteiger partial charge in [-0.25, -0.2) is 0 Å². The van der Waals surface area contributed by atoms with Crippen LogP contribution in [0.5, 0.6) is 0 Å². The van der Waals surface area contributed by atoms with Gasteiger partial charge in [0.1, 0.15) is 0 Å². The van der Waals surface area contributed by atoms with Gasteiger partial charge in [-0.3, -0.25) is 14.5 Å². The third-order valence-electron chi connectivity index (χ3n) is 7.44. The quantitative estimate of drug-likeness (QED) is 0.669. The van der Waals surface area contributed by atoms with Crippen LogP contribution < -0.4 is 0 Å². The standard InChI is InChI=1S/C23H28ClNO3/c24-20-3-1-15(2-4-20)10-19-11-21(26)25(22(19)27)5-6-28-23-12-16-7-17(13-23)9-18(8-16)14-23/h1-4,16-19H,5-14H2. The fraction of sp³-hybridized carbons (Fsp3) is 0.652. The summed E-state index contributed by atoms with van der Waals surface area (Å²) in [6.07, 6.45) is 8.60. The zero-order chi connectivity index (χ0) is 19.3. The Morgan fingerprint density at radius 3 is 2.21 bits per heavy atom. The Labute approximate surface area is 171 Å². The summed E-state index contributed by atoms with van der Waals surface area (Å²) >= 11 is 5.93. The van der Waals surface area contributed by atoms with E-state index in [-0.39, 0.29) is 23.3 Å². The minimum Gasteiger partial charge on any atom is -0.373 e. The number of carbonyl (C=O) groups excluding carboxylic acids is 2. The molecule has 1 unspecified atom stereocenters. The van der Waals surface area contributed by atoms with Crippen molar-refractivity contribution in [1.29, 1.82) is 0 Å². The Morgan fingerprint density at radius 2 is 1.61 bits per heavy atom. The van der Waals surface area contributed by atoms with Gasteiger partial charge in [-0.15, -0.1) is 0 Å². The van der Waals surface area contributed by atoms with Crippen molar-refractivity contribution in [3.8, 4) is 0 Å². The smallest absolute Gasteiger partial charge is 0.233 e. The maximum atomic E-state index is 12.8. The highest BCUT2D eigenvalue weighted by Gasteiger charge is 2.51. The molecule has 2 amide bonds. The van der Waals surface area contributed by atoms with Gasteiger partial charge in [0.25, 0.3) is 0 Å². The molecule has 1 aliphatic heterocycles. The maximum absolute atomic E-state index is 12.8. The van der Waals surface area contributed by atoms with Crippen molar-refractivity contribution in [3.63, 3.8) is 0 Å². The first-order valence-electron chi connectivity index (χ1n) is 10.7. The van der Waals surface area contributed by atoms with Gasteiger partial charge in [0, 0.05) is 11.4 Å². The Morgan fingerprint density at radius 1 is 1.00 bits per heavy atom. The van der Waals surface area contributed by atoms with Crippen LogP contribution in [0.4, 0.5) is 0 Å². The first-order chi connectivity index (χ1) is 13.5. The van der Waals surface area contributed by atoms with Crippen molar-refractivity contribution >= 4 is 23.4 Å². The molecule has 1 heterocycles. The van der Waals surface area contributed by atoms with E-state index in [1.165, 1.54) is 43.4 Å². The number of benzene rings is 1. The normalized spacial score (nSPS) is 36.5. The Balaban J connectivity index is 1.16. The second-order valence-corrected chi connectivity index (χ2v) is 10.0. The average Bonchev–Trinajstić information content (AvgIpc) is 2.90. The Hall–Kier alpha value is -1.39. The van der Waals surface area contributed by atoms with E-state index in [4.69, 9.17) is 16.3 Å². The zero-order valence-corrected chi connectivity index (χ0v) is 17.0. The monoisotopic (exact) mass is 401 g/mol. The molecule has 6 rings (SSSR count). The predicted molar refractivity (Wildman–Crippen MR) is 107 cm³/mol. The Bertz CT molecular complexity index is 739. The number of ether oxygens (including phenoxy) is 1. The highest BCUT2D eigenvalue weighted by molar-refractivity contribution is 6.30. The lowest BCUT2D eigenvalue weighted by molar-refractivity contribution is -0.167. The average molecular weight is 402 g/mol. The second kappa shape index (κ2) is 7.14. The largest absolute Gasteiger partial charge is 0.373 e. The molecule has 5 fully saturated rings.